The molecule has 0 saturated heterocycles. The number of aliphatic imine (C=N–C) groups is 1. The van der Waals surface area contributed by atoms with Gasteiger partial charge in [0.1, 0.15) is 5.84 Å². The van der Waals surface area contributed by atoms with E-state index in [1.807, 2.05) is 9.13 Å². The summed E-state index contributed by atoms with van der Waals surface area (Å²) in [5.41, 5.74) is 5.64. The number of hydrogen-bond donors (Lipinski definition) is 1. The number of rotatable bonds is 6. The van der Waals surface area contributed by atoms with E-state index in [4.69, 9.17) is 0 Å². The van der Waals surface area contributed by atoms with Gasteiger partial charge in [-0.1, -0.05) is 58.4 Å². The first-order chi connectivity index (χ1) is 14.8. The average molecular weight is 419 g/mol. The molecule has 5 heteroatoms. The third-order valence-electron chi connectivity index (χ3n) is 6.09. The standard InChI is InChI=1S/C26H34N4O/c1-6-7-14-29-22-13-10-20(24-27-16-18(2)28-24)15-23(22)30(25(29)31)17-19-8-11-21(12-9-19)26(3,4)5/h8-13,15,18H,6-7,14,16-17H2,1-5H3,(H,27,28). The SMILES string of the molecule is CCCCn1c(=O)n(Cc2ccc(C(C)(C)C)cc2)c2cc(C3=NCC(C)N3)ccc21. The minimum atomic E-state index is 0.0650. The summed E-state index contributed by atoms with van der Waals surface area (Å²) in [6.07, 6.45) is 2.05. The van der Waals surface area contributed by atoms with Gasteiger partial charge in [0.15, 0.2) is 0 Å². The molecule has 0 amide bonds. The molecule has 0 saturated carbocycles. The smallest absolute Gasteiger partial charge is 0.329 e. The molecule has 0 bridgehead atoms. The van der Waals surface area contributed by atoms with Crippen molar-refractivity contribution < 1.29 is 0 Å². The monoisotopic (exact) mass is 418 g/mol. The number of amidine groups is 1. The second kappa shape index (κ2) is 8.37. The van der Waals surface area contributed by atoms with Crippen molar-refractivity contribution in [1.29, 1.82) is 0 Å². The predicted octanol–water partition coefficient (Wildman–Crippen LogP) is 4.69. The second-order valence-corrected chi connectivity index (χ2v) is 9.76. The van der Waals surface area contributed by atoms with E-state index in [1.165, 1.54) is 5.56 Å². The van der Waals surface area contributed by atoms with E-state index < -0.39 is 0 Å². The molecule has 164 valence electrons. The molecule has 4 rings (SSSR count). The second-order valence-electron chi connectivity index (χ2n) is 9.76. The minimum Gasteiger partial charge on any atom is -0.366 e. The van der Waals surface area contributed by atoms with Crippen LogP contribution in [0.4, 0.5) is 0 Å². The van der Waals surface area contributed by atoms with E-state index in [-0.39, 0.29) is 11.1 Å². The molecule has 3 aromatic rings. The zero-order valence-corrected chi connectivity index (χ0v) is 19.4. The zero-order chi connectivity index (χ0) is 22.2. The fourth-order valence-electron chi connectivity index (χ4n) is 4.17. The summed E-state index contributed by atoms with van der Waals surface area (Å²) in [6, 6.07) is 15.3. The number of unbranched alkanes of at least 4 members (excludes halogenated alkanes) is 1. The number of imidazole rings is 1. The van der Waals surface area contributed by atoms with Gasteiger partial charge in [-0.15, -0.1) is 0 Å². The Labute approximate surface area is 184 Å². The zero-order valence-electron chi connectivity index (χ0n) is 19.4. The van der Waals surface area contributed by atoms with Crippen molar-refractivity contribution in [1.82, 2.24) is 14.5 Å². The molecule has 1 aromatic heterocycles. The van der Waals surface area contributed by atoms with Crippen LogP contribution < -0.4 is 11.0 Å². The van der Waals surface area contributed by atoms with Gasteiger partial charge in [0, 0.05) is 18.2 Å². The highest BCUT2D eigenvalue weighted by Gasteiger charge is 2.19. The molecule has 0 fully saturated rings. The number of aryl methyl sites for hydroxylation is 1. The maximum atomic E-state index is 13.4. The molecule has 2 heterocycles. The number of benzene rings is 2. The Hall–Kier alpha value is -2.82. The van der Waals surface area contributed by atoms with Crippen LogP contribution >= 0.6 is 0 Å². The van der Waals surface area contributed by atoms with Gasteiger partial charge in [-0.25, -0.2) is 4.79 Å². The lowest BCUT2D eigenvalue weighted by atomic mass is 9.87. The predicted molar refractivity (Wildman–Crippen MR) is 129 cm³/mol. The number of aromatic nitrogens is 2. The van der Waals surface area contributed by atoms with E-state index in [0.29, 0.717) is 12.6 Å². The molecule has 31 heavy (non-hydrogen) atoms. The van der Waals surface area contributed by atoms with Crippen molar-refractivity contribution in [3.05, 3.63) is 69.6 Å². The van der Waals surface area contributed by atoms with Crippen molar-refractivity contribution in [2.75, 3.05) is 6.54 Å². The van der Waals surface area contributed by atoms with Gasteiger partial charge in [0.2, 0.25) is 0 Å². The Balaban J connectivity index is 1.76. The Morgan fingerprint density at radius 1 is 1.06 bits per heavy atom. The molecule has 0 spiro atoms. The van der Waals surface area contributed by atoms with E-state index in [9.17, 15) is 4.79 Å². The highest BCUT2D eigenvalue weighted by molar-refractivity contribution is 6.02. The van der Waals surface area contributed by atoms with Gasteiger partial charge < -0.3 is 5.32 Å². The number of nitrogens with zero attached hydrogens (tertiary/aromatic N) is 3. The highest BCUT2D eigenvalue weighted by atomic mass is 16.1. The summed E-state index contributed by atoms with van der Waals surface area (Å²) in [4.78, 5) is 18.0. The van der Waals surface area contributed by atoms with Crippen molar-refractivity contribution >= 4 is 16.9 Å². The largest absolute Gasteiger partial charge is 0.366 e. The molecule has 1 N–H and O–H groups in total. The molecule has 5 nitrogen and oxygen atoms in total. The topological polar surface area (TPSA) is 51.3 Å². The summed E-state index contributed by atoms with van der Waals surface area (Å²) in [6.45, 7) is 13.0. The molecule has 0 aliphatic carbocycles. The van der Waals surface area contributed by atoms with Crippen molar-refractivity contribution in [3.63, 3.8) is 0 Å². The third-order valence-corrected chi connectivity index (χ3v) is 6.09. The van der Waals surface area contributed by atoms with E-state index >= 15 is 0 Å². The maximum absolute atomic E-state index is 13.4. The van der Waals surface area contributed by atoms with E-state index in [0.717, 1.165) is 53.9 Å². The number of fused-ring (bicyclic) bond motifs is 1. The molecule has 1 aliphatic rings. The lowest BCUT2D eigenvalue weighted by Gasteiger charge is -2.19. The van der Waals surface area contributed by atoms with Crippen molar-refractivity contribution in [3.8, 4) is 0 Å². The fourth-order valence-corrected chi connectivity index (χ4v) is 4.17. The van der Waals surface area contributed by atoms with Gasteiger partial charge in [-0.3, -0.25) is 14.1 Å². The normalized spacial score (nSPS) is 16.5. The first-order valence-corrected chi connectivity index (χ1v) is 11.4. The van der Waals surface area contributed by atoms with Gasteiger partial charge in [-0.05, 0) is 48.1 Å². The van der Waals surface area contributed by atoms with Crippen LogP contribution in [0.1, 0.15) is 64.2 Å². The summed E-state index contributed by atoms with van der Waals surface area (Å²) in [7, 11) is 0. The molecule has 1 aliphatic heterocycles. The van der Waals surface area contributed by atoms with Crippen LogP contribution in [-0.4, -0.2) is 27.6 Å². The summed E-state index contributed by atoms with van der Waals surface area (Å²) in [5.74, 6) is 0.921. The van der Waals surface area contributed by atoms with Crippen LogP contribution in [0, 0.1) is 0 Å². The van der Waals surface area contributed by atoms with Crippen LogP contribution in [0.5, 0.6) is 0 Å². The summed E-state index contributed by atoms with van der Waals surface area (Å²) < 4.78 is 3.85. The number of nitrogens with one attached hydrogen (secondary N) is 1. The van der Waals surface area contributed by atoms with Crippen LogP contribution in [0.15, 0.2) is 52.3 Å². The fraction of sp³-hybridized carbons (Fsp3) is 0.462. The Morgan fingerprint density at radius 2 is 1.81 bits per heavy atom. The van der Waals surface area contributed by atoms with Gasteiger partial charge in [0.25, 0.3) is 0 Å². The molecule has 0 radical (unpaired) electrons. The first kappa shape index (κ1) is 21.4. The van der Waals surface area contributed by atoms with Crippen LogP contribution in [0.3, 0.4) is 0 Å². The van der Waals surface area contributed by atoms with Crippen LogP contribution in [0.25, 0.3) is 11.0 Å². The molecular weight excluding hydrogens is 384 g/mol. The third kappa shape index (κ3) is 4.32. The van der Waals surface area contributed by atoms with Crippen LogP contribution in [0.2, 0.25) is 0 Å². The first-order valence-electron chi connectivity index (χ1n) is 11.4. The van der Waals surface area contributed by atoms with Gasteiger partial charge in [-0.2, -0.15) is 0 Å². The molecule has 1 unspecified atom stereocenters. The lowest BCUT2D eigenvalue weighted by Crippen LogP contribution is -2.27. The molecule has 2 aromatic carbocycles. The van der Waals surface area contributed by atoms with Crippen LogP contribution in [-0.2, 0) is 18.5 Å². The van der Waals surface area contributed by atoms with Gasteiger partial charge in [0.05, 0.1) is 24.1 Å². The molecular formula is C26H34N4O. The number of hydrogen-bond acceptors (Lipinski definition) is 3. The lowest BCUT2D eigenvalue weighted by molar-refractivity contribution is 0.589. The van der Waals surface area contributed by atoms with Gasteiger partial charge >= 0.3 is 5.69 Å². The van der Waals surface area contributed by atoms with E-state index in [2.05, 4.69) is 87.4 Å². The Kier molecular flexibility index (Phi) is 5.78. The summed E-state index contributed by atoms with van der Waals surface area (Å²) >= 11 is 0. The maximum Gasteiger partial charge on any atom is 0.329 e. The highest BCUT2D eigenvalue weighted by Crippen LogP contribution is 2.23. The molecule has 1 atom stereocenters. The Bertz CT molecular complexity index is 1160. The van der Waals surface area contributed by atoms with E-state index in [1.54, 1.807) is 0 Å². The quantitative estimate of drug-likeness (QED) is 0.631. The minimum absolute atomic E-state index is 0.0650. The Morgan fingerprint density at radius 3 is 2.42 bits per heavy atom. The summed E-state index contributed by atoms with van der Waals surface area (Å²) in [5, 5.41) is 3.44. The van der Waals surface area contributed by atoms with Crippen molar-refractivity contribution in [2.45, 2.75) is 72.0 Å². The van der Waals surface area contributed by atoms with Crippen molar-refractivity contribution in [2.24, 2.45) is 4.99 Å². The average Bonchev–Trinajstić information content (AvgIpc) is 3.28.